The lowest BCUT2D eigenvalue weighted by molar-refractivity contribution is -0.136. The molecule has 2 saturated heterocycles. The number of amides is 3. The van der Waals surface area contributed by atoms with E-state index in [0.717, 1.165) is 43.2 Å². The lowest BCUT2D eigenvalue weighted by atomic mass is 9.96. The van der Waals surface area contributed by atoms with Gasteiger partial charge in [0.1, 0.15) is 6.04 Å². The summed E-state index contributed by atoms with van der Waals surface area (Å²) in [6, 6.07) is 5.43. The third kappa shape index (κ3) is 4.10. The second kappa shape index (κ2) is 8.41. The molecule has 1 aromatic carbocycles. The minimum Gasteiger partial charge on any atom is -0.322 e. The summed E-state index contributed by atoms with van der Waals surface area (Å²) in [5.41, 5.74) is 2.71. The van der Waals surface area contributed by atoms with Crippen molar-refractivity contribution in [2.45, 2.75) is 51.2 Å². The Labute approximate surface area is 165 Å². The number of hydrogen-bond acceptors (Lipinski definition) is 5. The Kier molecular flexibility index (Phi) is 5.73. The van der Waals surface area contributed by atoms with Crippen LogP contribution < -0.4 is 16.0 Å². The van der Waals surface area contributed by atoms with Crippen LogP contribution in [-0.2, 0) is 22.7 Å². The first kappa shape index (κ1) is 19.1. The molecule has 0 spiro atoms. The second-order valence-corrected chi connectivity index (χ2v) is 8.07. The zero-order valence-corrected chi connectivity index (χ0v) is 16.1. The highest BCUT2D eigenvalue weighted by molar-refractivity contribution is 6.05. The zero-order chi connectivity index (χ0) is 19.5. The van der Waals surface area contributed by atoms with Crippen molar-refractivity contribution in [1.82, 2.24) is 20.9 Å². The first-order valence-electron chi connectivity index (χ1n) is 10.3. The van der Waals surface area contributed by atoms with Gasteiger partial charge in [-0.25, -0.2) is 0 Å². The Morgan fingerprint density at radius 1 is 1.18 bits per heavy atom. The molecule has 7 heteroatoms. The highest BCUT2D eigenvalue weighted by atomic mass is 16.2. The van der Waals surface area contributed by atoms with Gasteiger partial charge in [0, 0.05) is 25.1 Å². The van der Waals surface area contributed by atoms with E-state index in [0.29, 0.717) is 18.5 Å². The Morgan fingerprint density at radius 3 is 2.86 bits per heavy atom. The predicted octanol–water partition coefficient (Wildman–Crippen LogP) is 0.927. The number of hydrogen-bond donors (Lipinski definition) is 3. The summed E-state index contributed by atoms with van der Waals surface area (Å²) >= 11 is 0. The van der Waals surface area contributed by atoms with Crippen LogP contribution in [0.2, 0.25) is 0 Å². The van der Waals surface area contributed by atoms with Crippen molar-refractivity contribution in [3.05, 3.63) is 34.9 Å². The van der Waals surface area contributed by atoms with Crippen molar-refractivity contribution in [3.8, 4) is 0 Å². The molecule has 3 amide bonds. The van der Waals surface area contributed by atoms with Crippen molar-refractivity contribution in [2.24, 2.45) is 5.92 Å². The largest absolute Gasteiger partial charge is 0.322 e. The van der Waals surface area contributed by atoms with E-state index in [1.165, 1.54) is 19.3 Å². The number of benzene rings is 1. The van der Waals surface area contributed by atoms with Crippen molar-refractivity contribution >= 4 is 17.7 Å². The molecule has 150 valence electrons. The number of nitrogens with zero attached hydrogens (tertiary/aromatic N) is 1. The first-order chi connectivity index (χ1) is 13.6. The molecule has 1 unspecified atom stereocenters. The van der Waals surface area contributed by atoms with Crippen LogP contribution in [0.25, 0.3) is 0 Å². The molecule has 2 fully saturated rings. The average Bonchev–Trinajstić information content (AvgIpc) is 3.02. The quantitative estimate of drug-likeness (QED) is 0.501. The third-order valence-electron chi connectivity index (χ3n) is 6.05. The molecule has 3 heterocycles. The number of carbonyl (C=O) groups is 3. The van der Waals surface area contributed by atoms with E-state index in [-0.39, 0.29) is 24.1 Å². The predicted molar refractivity (Wildman–Crippen MR) is 104 cm³/mol. The number of imide groups is 1. The smallest absolute Gasteiger partial charge is 0.255 e. The van der Waals surface area contributed by atoms with Crippen LogP contribution in [0.15, 0.2) is 18.2 Å². The zero-order valence-electron chi connectivity index (χ0n) is 16.1. The maximum Gasteiger partial charge on any atom is 0.255 e. The van der Waals surface area contributed by atoms with Gasteiger partial charge in [-0.2, -0.15) is 0 Å². The van der Waals surface area contributed by atoms with Gasteiger partial charge in [-0.3, -0.25) is 19.7 Å². The molecule has 0 radical (unpaired) electrons. The summed E-state index contributed by atoms with van der Waals surface area (Å²) in [4.78, 5) is 37.9. The summed E-state index contributed by atoms with van der Waals surface area (Å²) in [6.07, 6.45) is 4.41. The molecule has 0 aliphatic carbocycles. The fourth-order valence-corrected chi connectivity index (χ4v) is 4.42. The van der Waals surface area contributed by atoms with Gasteiger partial charge in [0.2, 0.25) is 11.8 Å². The minimum absolute atomic E-state index is 0.111. The number of fused-ring (bicyclic) bond motifs is 1. The van der Waals surface area contributed by atoms with Crippen LogP contribution in [0.3, 0.4) is 0 Å². The number of carbonyl (C=O) groups excluding carboxylic acids is 3. The number of rotatable bonds is 6. The van der Waals surface area contributed by atoms with E-state index in [9.17, 15) is 14.4 Å². The SMILES string of the molecule is O=C1CCC(N2Cc3ccc(CNCC[C@H]4CCCNC4)cc3C2=O)C(=O)N1. The van der Waals surface area contributed by atoms with Gasteiger partial charge >= 0.3 is 0 Å². The molecule has 28 heavy (non-hydrogen) atoms. The molecule has 7 nitrogen and oxygen atoms in total. The molecule has 0 saturated carbocycles. The maximum absolute atomic E-state index is 12.8. The minimum atomic E-state index is -0.553. The maximum atomic E-state index is 12.8. The third-order valence-corrected chi connectivity index (χ3v) is 6.05. The van der Waals surface area contributed by atoms with Crippen LogP contribution in [-0.4, -0.2) is 48.3 Å². The highest BCUT2D eigenvalue weighted by Crippen LogP contribution is 2.28. The van der Waals surface area contributed by atoms with E-state index in [1.807, 2.05) is 12.1 Å². The van der Waals surface area contributed by atoms with Gasteiger partial charge < -0.3 is 15.5 Å². The van der Waals surface area contributed by atoms with Crippen molar-refractivity contribution < 1.29 is 14.4 Å². The average molecular weight is 384 g/mol. The molecule has 2 atom stereocenters. The summed E-state index contributed by atoms with van der Waals surface area (Å²) < 4.78 is 0. The van der Waals surface area contributed by atoms with Crippen LogP contribution >= 0.6 is 0 Å². The number of piperidine rings is 2. The standard InChI is InChI=1S/C21H28N4O3/c26-19-6-5-18(20(27)24-19)25-13-16-4-3-15(10-17(16)21(25)28)12-23-9-7-14-2-1-8-22-11-14/h3-4,10,14,18,22-23H,1-2,5-9,11-13H2,(H,24,26,27)/t14-,18?/m1/s1. The van der Waals surface area contributed by atoms with Gasteiger partial charge in [-0.15, -0.1) is 0 Å². The lowest BCUT2D eigenvalue weighted by Crippen LogP contribution is -2.52. The monoisotopic (exact) mass is 384 g/mol. The number of nitrogens with one attached hydrogen (secondary N) is 3. The van der Waals surface area contributed by atoms with Crippen LogP contribution in [0, 0.1) is 5.92 Å². The Balaban J connectivity index is 1.32. The molecular formula is C21H28N4O3. The molecule has 3 N–H and O–H groups in total. The van der Waals surface area contributed by atoms with Crippen LogP contribution in [0.1, 0.15) is 53.6 Å². The Morgan fingerprint density at radius 2 is 2.07 bits per heavy atom. The normalized spacial score (nSPS) is 25.0. The summed E-state index contributed by atoms with van der Waals surface area (Å²) in [7, 11) is 0. The second-order valence-electron chi connectivity index (χ2n) is 8.07. The van der Waals surface area contributed by atoms with Gasteiger partial charge in [0.15, 0.2) is 0 Å². The molecule has 4 rings (SSSR count). The molecule has 3 aliphatic heterocycles. The van der Waals surface area contributed by atoms with Gasteiger partial charge in [0.05, 0.1) is 0 Å². The lowest BCUT2D eigenvalue weighted by Gasteiger charge is -2.29. The van der Waals surface area contributed by atoms with Crippen molar-refractivity contribution in [1.29, 1.82) is 0 Å². The van der Waals surface area contributed by atoms with Crippen molar-refractivity contribution in [2.75, 3.05) is 19.6 Å². The summed E-state index contributed by atoms with van der Waals surface area (Å²) in [6.45, 7) is 4.40. The summed E-state index contributed by atoms with van der Waals surface area (Å²) in [5.74, 6) is 0.0174. The fourth-order valence-electron chi connectivity index (χ4n) is 4.42. The molecule has 0 bridgehead atoms. The molecule has 0 aromatic heterocycles. The van der Waals surface area contributed by atoms with Crippen LogP contribution in [0.4, 0.5) is 0 Å². The van der Waals surface area contributed by atoms with Gasteiger partial charge in [-0.05, 0) is 68.4 Å². The topological polar surface area (TPSA) is 90.5 Å². The van der Waals surface area contributed by atoms with Gasteiger partial charge in [-0.1, -0.05) is 12.1 Å². The molecular weight excluding hydrogens is 356 g/mol. The van der Waals surface area contributed by atoms with E-state index in [4.69, 9.17) is 0 Å². The van der Waals surface area contributed by atoms with E-state index in [2.05, 4.69) is 22.0 Å². The highest BCUT2D eigenvalue weighted by Gasteiger charge is 2.39. The Bertz CT molecular complexity index is 773. The van der Waals surface area contributed by atoms with E-state index >= 15 is 0 Å². The Hall–Kier alpha value is -2.25. The summed E-state index contributed by atoms with van der Waals surface area (Å²) in [5, 5.41) is 9.27. The van der Waals surface area contributed by atoms with Crippen molar-refractivity contribution in [3.63, 3.8) is 0 Å². The van der Waals surface area contributed by atoms with E-state index < -0.39 is 6.04 Å². The fraction of sp³-hybridized carbons (Fsp3) is 0.571. The van der Waals surface area contributed by atoms with Crippen LogP contribution in [0.5, 0.6) is 0 Å². The first-order valence-corrected chi connectivity index (χ1v) is 10.3. The van der Waals surface area contributed by atoms with E-state index in [1.54, 1.807) is 4.90 Å². The van der Waals surface area contributed by atoms with Gasteiger partial charge in [0.25, 0.3) is 5.91 Å². The molecule has 1 aromatic rings. The molecule has 3 aliphatic rings.